The number of hydrogen-bond donors (Lipinski definition) is 1. The van der Waals surface area contributed by atoms with Crippen LogP contribution >= 0.6 is 23.2 Å². The lowest BCUT2D eigenvalue weighted by atomic mass is 10.0. The minimum absolute atomic E-state index is 0.421. The van der Waals surface area contributed by atoms with E-state index in [0.29, 0.717) is 18.5 Å². The molecule has 1 aliphatic heterocycles. The summed E-state index contributed by atoms with van der Waals surface area (Å²) in [6.45, 7) is 4.62. The molecular formula is C13H17Cl2NO. The van der Waals surface area contributed by atoms with Crippen LogP contribution in [0, 0.1) is 5.92 Å². The zero-order valence-corrected chi connectivity index (χ0v) is 11.4. The summed E-state index contributed by atoms with van der Waals surface area (Å²) in [5, 5.41) is 4.92. The Balaban J connectivity index is 1.92. The number of halogens is 2. The van der Waals surface area contributed by atoms with E-state index < -0.39 is 0 Å². The van der Waals surface area contributed by atoms with Crippen LogP contribution in [0.4, 0.5) is 0 Å². The van der Waals surface area contributed by atoms with Crippen LogP contribution in [0.5, 0.6) is 0 Å². The summed E-state index contributed by atoms with van der Waals surface area (Å²) < 4.78 is 5.39. The van der Waals surface area contributed by atoms with Gasteiger partial charge in [-0.1, -0.05) is 29.3 Å². The Morgan fingerprint density at radius 2 is 2.12 bits per heavy atom. The summed E-state index contributed by atoms with van der Waals surface area (Å²) in [6, 6.07) is 6.02. The molecule has 1 aliphatic rings. The van der Waals surface area contributed by atoms with Crippen LogP contribution in [0.25, 0.3) is 0 Å². The van der Waals surface area contributed by atoms with Gasteiger partial charge in [-0.25, -0.2) is 0 Å². The van der Waals surface area contributed by atoms with Crippen molar-refractivity contribution in [3.63, 3.8) is 0 Å². The Morgan fingerprint density at radius 3 is 2.71 bits per heavy atom. The third-order valence-corrected chi connectivity index (χ3v) is 4.04. The van der Waals surface area contributed by atoms with Crippen LogP contribution in [-0.4, -0.2) is 19.3 Å². The molecule has 1 fully saturated rings. The molecule has 0 bridgehead atoms. The van der Waals surface area contributed by atoms with Gasteiger partial charge in [-0.05, 0) is 31.4 Å². The molecule has 17 heavy (non-hydrogen) atoms. The van der Waals surface area contributed by atoms with Crippen LogP contribution in [0.15, 0.2) is 18.2 Å². The maximum atomic E-state index is 6.12. The largest absolute Gasteiger partial charge is 0.381 e. The Kier molecular flexibility index (Phi) is 4.69. The highest BCUT2D eigenvalue weighted by Gasteiger charge is 2.22. The fourth-order valence-electron chi connectivity index (χ4n) is 2.08. The normalized spacial score (nSPS) is 21.7. The Hall–Kier alpha value is -0.280. The van der Waals surface area contributed by atoms with Gasteiger partial charge in [0.15, 0.2) is 0 Å². The number of hydrogen-bond acceptors (Lipinski definition) is 2. The third-order valence-electron chi connectivity index (χ3n) is 3.33. The summed E-state index contributed by atoms with van der Waals surface area (Å²) in [4.78, 5) is 0. The minimum atomic E-state index is 0.421. The van der Waals surface area contributed by atoms with E-state index in [-0.39, 0.29) is 0 Å². The minimum Gasteiger partial charge on any atom is -0.381 e. The van der Waals surface area contributed by atoms with E-state index in [1.165, 1.54) is 0 Å². The molecule has 0 radical (unpaired) electrons. The topological polar surface area (TPSA) is 21.3 Å². The predicted molar refractivity (Wildman–Crippen MR) is 71.7 cm³/mol. The second-order valence-electron chi connectivity index (χ2n) is 4.49. The van der Waals surface area contributed by atoms with Crippen molar-refractivity contribution in [3.8, 4) is 0 Å². The number of benzene rings is 1. The molecule has 2 rings (SSSR count). The van der Waals surface area contributed by atoms with Crippen molar-refractivity contribution in [2.75, 3.05) is 13.2 Å². The lowest BCUT2D eigenvalue weighted by Gasteiger charge is -2.20. The molecule has 1 N–H and O–H groups in total. The van der Waals surface area contributed by atoms with Crippen molar-refractivity contribution in [1.82, 2.24) is 5.32 Å². The quantitative estimate of drug-likeness (QED) is 0.907. The lowest BCUT2D eigenvalue weighted by molar-refractivity contribution is 0.178. The highest BCUT2D eigenvalue weighted by molar-refractivity contribution is 6.35. The van der Waals surface area contributed by atoms with E-state index in [1.54, 1.807) is 0 Å². The maximum absolute atomic E-state index is 6.12. The van der Waals surface area contributed by atoms with Crippen LogP contribution in [-0.2, 0) is 11.3 Å². The Morgan fingerprint density at radius 1 is 1.41 bits per heavy atom. The standard InChI is InChI=1S/C13H17Cl2NO/c1-9(10-5-6-17-8-10)16-7-11-12(14)3-2-4-13(11)15/h2-4,9-10,16H,5-8H2,1H3. The van der Waals surface area contributed by atoms with Crippen LogP contribution in [0.2, 0.25) is 10.0 Å². The first-order valence-electron chi connectivity index (χ1n) is 5.92. The first-order chi connectivity index (χ1) is 8.18. The molecule has 0 spiro atoms. The zero-order chi connectivity index (χ0) is 12.3. The van der Waals surface area contributed by atoms with E-state index in [0.717, 1.165) is 35.2 Å². The average Bonchev–Trinajstić information content (AvgIpc) is 2.81. The Labute approximate surface area is 112 Å². The van der Waals surface area contributed by atoms with Crippen molar-refractivity contribution >= 4 is 23.2 Å². The summed E-state index contributed by atoms with van der Waals surface area (Å²) >= 11 is 12.2. The molecule has 0 aromatic heterocycles. The molecule has 1 aromatic carbocycles. The van der Waals surface area contributed by atoms with Gasteiger partial charge in [0.1, 0.15) is 0 Å². The smallest absolute Gasteiger partial charge is 0.0509 e. The van der Waals surface area contributed by atoms with E-state index in [1.807, 2.05) is 18.2 Å². The summed E-state index contributed by atoms with van der Waals surface area (Å²) in [5.74, 6) is 0.594. The van der Waals surface area contributed by atoms with Gasteiger partial charge in [0.05, 0.1) is 6.61 Å². The van der Waals surface area contributed by atoms with Gasteiger partial charge in [-0.2, -0.15) is 0 Å². The SMILES string of the molecule is CC(NCc1c(Cl)cccc1Cl)C1CCOC1. The monoisotopic (exact) mass is 273 g/mol. The summed E-state index contributed by atoms with van der Waals surface area (Å²) in [5.41, 5.74) is 0.974. The van der Waals surface area contributed by atoms with Gasteiger partial charge < -0.3 is 10.1 Å². The van der Waals surface area contributed by atoms with E-state index in [2.05, 4.69) is 12.2 Å². The van der Waals surface area contributed by atoms with Crippen molar-refractivity contribution in [3.05, 3.63) is 33.8 Å². The van der Waals surface area contributed by atoms with Crippen molar-refractivity contribution in [1.29, 1.82) is 0 Å². The molecule has 2 nitrogen and oxygen atoms in total. The highest BCUT2D eigenvalue weighted by Crippen LogP contribution is 2.24. The number of nitrogens with one attached hydrogen (secondary N) is 1. The molecule has 94 valence electrons. The van der Waals surface area contributed by atoms with Crippen molar-refractivity contribution in [2.45, 2.75) is 25.9 Å². The van der Waals surface area contributed by atoms with E-state index in [4.69, 9.17) is 27.9 Å². The van der Waals surface area contributed by atoms with E-state index >= 15 is 0 Å². The molecule has 2 unspecified atom stereocenters. The van der Waals surface area contributed by atoms with Crippen molar-refractivity contribution < 1.29 is 4.74 Å². The van der Waals surface area contributed by atoms with Gasteiger partial charge in [0.2, 0.25) is 0 Å². The first kappa shape index (κ1) is 13.2. The lowest BCUT2D eigenvalue weighted by Crippen LogP contribution is -2.33. The highest BCUT2D eigenvalue weighted by atomic mass is 35.5. The van der Waals surface area contributed by atoms with Gasteiger partial charge >= 0.3 is 0 Å². The van der Waals surface area contributed by atoms with Gasteiger partial charge in [0.25, 0.3) is 0 Å². The van der Waals surface area contributed by atoms with Crippen molar-refractivity contribution in [2.24, 2.45) is 5.92 Å². The molecule has 1 aromatic rings. The molecule has 2 atom stereocenters. The Bertz CT molecular complexity index is 357. The van der Waals surface area contributed by atoms with Crippen LogP contribution in [0.1, 0.15) is 18.9 Å². The van der Waals surface area contributed by atoms with Gasteiger partial charge in [0, 0.05) is 34.8 Å². The molecular weight excluding hydrogens is 257 g/mol. The fraction of sp³-hybridized carbons (Fsp3) is 0.538. The third kappa shape index (κ3) is 3.35. The summed E-state index contributed by atoms with van der Waals surface area (Å²) in [7, 11) is 0. The second kappa shape index (κ2) is 6.05. The maximum Gasteiger partial charge on any atom is 0.0509 e. The van der Waals surface area contributed by atoms with Gasteiger partial charge in [-0.3, -0.25) is 0 Å². The first-order valence-corrected chi connectivity index (χ1v) is 6.68. The summed E-state index contributed by atoms with van der Waals surface area (Å²) in [6.07, 6.45) is 1.13. The zero-order valence-electron chi connectivity index (χ0n) is 9.88. The van der Waals surface area contributed by atoms with Gasteiger partial charge in [-0.15, -0.1) is 0 Å². The van der Waals surface area contributed by atoms with E-state index in [9.17, 15) is 0 Å². The number of rotatable bonds is 4. The molecule has 1 saturated heterocycles. The molecule has 0 saturated carbocycles. The molecule has 0 amide bonds. The number of ether oxygens (including phenoxy) is 1. The van der Waals surface area contributed by atoms with Crippen LogP contribution in [0.3, 0.4) is 0 Å². The average molecular weight is 274 g/mol. The second-order valence-corrected chi connectivity index (χ2v) is 5.31. The fourth-order valence-corrected chi connectivity index (χ4v) is 2.61. The molecule has 0 aliphatic carbocycles. The molecule has 4 heteroatoms. The van der Waals surface area contributed by atoms with Crippen LogP contribution < -0.4 is 5.32 Å². The predicted octanol–water partition coefficient (Wildman–Crippen LogP) is 3.51. The molecule has 1 heterocycles.